The van der Waals surface area contributed by atoms with Gasteiger partial charge in [-0.3, -0.25) is 4.79 Å². The van der Waals surface area contributed by atoms with Crippen LogP contribution in [0.3, 0.4) is 0 Å². The maximum absolute atomic E-state index is 12.7. The molecule has 2 rings (SSSR count). The minimum absolute atomic E-state index is 0.279. The van der Waals surface area contributed by atoms with Crippen LogP contribution in [-0.4, -0.2) is 23.3 Å². The average Bonchev–Trinajstić information content (AvgIpc) is 2.77. The minimum atomic E-state index is -1.06. The van der Waals surface area contributed by atoms with Crippen molar-refractivity contribution in [3.05, 3.63) is 48.0 Å². The highest BCUT2D eigenvalue weighted by Crippen LogP contribution is 2.51. The predicted octanol–water partition coefficient (Wildman–Crippen LogP) is 3.58. The zero-order valence-corrected chi connectivity index (χ0v) is 13.6. The second-order valence-electron chi connectivity index (χ2n) is 6.35. The van der Waals surface area contributed by atoms with Crippen molar-refractivity contribution in [2.24, 2.45) is 5.41 Å². The lowest BCUT2D eigenvalue weighted by atomic mass is 9.68. The zero-order chi connectivity index (χ0) is 16.2. The topological polar surface area (TPSA) is 46.5 Å². The summed E-state index contributed by atoms with van der Waals surface area (Å²) < 4.78 is 5.34. The summed E-state index contributed by atoms with van der Waals surface area (Å²) in [6, 6.07) is 8.12. The Morgan fingerprint density at radius 2 is 2.23 bits per heavy atom. The second kappa shape index (κ2) is 6.66. The number of esters is 1. The molecule has 120 valence electrons. The number of benzene rings is 1. The first kappa shape index (κ1) is 16.8. The summed E-state index contributed by atoms with van der Waals surface area (Å²) in [5.74, 6) is -0.279. The molecule has 1 aromatic rings. The molecule has 3 heteroatoms. The van der Waals surface area contributed by atoms with E-state index in [0.717, 1.165) is 17.5 Å². The fourth-order valence-electron chi connectivity index (χ4n) is 3.75. The van der Waals surface area contributed by atoms with Crippen LogP contribution >= 0.6 is 0 Å². The first-order valence-corrected chi connectivity index (χ1v) is 8.03. The van der Waals surface area contributed by atoms with Gasteiger partial charge in [-0.1, -0.05) is 35.9 Å². The molecular weight excluding hydrogens is 276 g/mol. The smallest absolute Gasteiger partial charge is 0.315 e. The average molecular weight is 302 g/mol. The van der Waals surface area contributed by atoms with Gasteiger partial charge >= 0.3 is 5.97 Å². The predicted molar refractivity (Wildman–Crippen MR) is 87.6 cm³/mol. The second-order valence-corrected chi connectivity index (χ2v) is 6.35. The highest BCUT2D eigenvalue weighted by atomic mass is 16.5. The largest absolute Gasteiger partial charge is 0.465 e. The molecule has 1 saturated carbocycles. The molecule has 1 aliphatic carbocycles. The van der Waals surface area contributed by atoms with E-state index < -0.39 is 11.0 Å². The van der Waals surface area contributed by atoms with E-state index in [4.69, 9.17) is 4.74 Å². The molecule has 0 amide bonds. The Morgan fingerprint density at radius 3 is 2.86 bits per heavy atom. The van der Waals surface area contributed by atoms with Gasteiger partial charge in [0.05, 0.1) is 12.2 Å². The number of carbonyl (C=O) groups is 1. The minimum Gasteiger partial charge on any atom is -0.465 e. The summed E-state index contributed by atoms with van der Waals surface area (Å²) in [4.78, 5) is 12.7. The third kappa shape index (κ3) is 2.95. The van der Waals surface area contributed by atoms with Gasteiger partial charge in [0.2, 0.25) is 0 Å². The lowest BCUT2D eigenvalue weighted by Crippen LogP contribution is -2.51. The van der Waals surface area contributed by atoms with Gasteiger partial charge in [-0.15, -0.1) is 6.58 Å². The summed E-state index contributed by atoms with van der Waals surface area (Å²) in [6.07, 6.45) is 4.73. The highest BCUT2D eigenvalue weighted by Gasteiger charge is 2.58. The monoisotopic (exact) mass is 302 g/mol. The van der Waals surface area contributed by atoms with Crippen LogP contribution in [0.1, 0.15) is 43.7 Å². The quantitative estimate of drug-likeness (QED) is 0.645. The Labute approximate surface area is 133 Å². The van der Waals surface area contributed by atoms with Crippen molar-refractivity contribution in [3.63, 3.8) is 0 Å². The Hall–Kier alpha value is -1.61. The van der Waals surface area contributed by atoms with E-state index >= 15 is 0 Å². The molecule has 0 radical (unpaired) electrons. The van der Waals surface area contributed by atoms with Gasteiger partial charge < -0.3 is 9.84 Å². The van der Waals surface area contributed by atoms with Gasteiger partial charge in [0.25, 0.3) is 0 Å². The number of hydrogen-bond acceptors (Lipinski definition) is 3. The molecule has 1 fully saturated rings. The van der Waals surface area contributed by atoms with Gasteiger partial charge in [-0.25, -0.2) is 0 Å². The summed E-state index contributed by atoms with van der Waals surface area (Å²) in [7, 11) is 0. The Kier molecular flexibility index (Phi) is 5.07. The van der Waals surface area contributed by atoms with Crippen LogP contribution in [-0.2, 0) is 16.0 Å². The number of aryl methyl sites for hydroxylation is 1. The standard InChI is InChI=1S/C19H26O3/c1-4-10-19(21)12-7-11-18(19,17(20)22-5-2)14-16-9-6-8-15(3)13-16/h4,6,8-9,13,21H,1,5,7,10-12,14H2,2-3H3/t18-,19-/m1/s1. The van der Waals surface area contributed by atoms with Crippen molar-refractivity contribution in [1.29, 1.82) is 0 Å². The van der Waals surface area contributed by atoms with Crippen molar-refractivity contribution >= 4 is 5.97 Å². The number of rotatable bonds is 6. The fourth-order valence-corrected chi connectivity index (χ4v) is 3.75. The fraction of sp³-hybridized carbons (Fsp3) is 0.526. The summed E-state index contributed by atoms with van der Waals surface area (Å²) in [5, 5.41) is 11.2. The highest BCUT2D eigenvalue weighted by molar-refractivity contribution is 5.79. The lowest BCUT2D eigenvalue weighted by Gasteiger charge is -2.40. The number of aliphatic hydroxyl groups is 1. The summed E-state index contributed by atoms with van der Waals surface area (Å²) in [6.45, 7) is 7.92. The molecule has 0 bridgehead atoms. The maximum Gasteiger partial charge on any atom is 0.315 e. The SMILES string of the molecule is C=CC[C@@]1(O)CCC[C@@]1(Cc1cccc(C)c1)C(=O)OCC. The summed E-state index contributed by atoms with van der Waals surface area (Å²) >= 11 is 0. The zero-order valence-electron chi connectivity index (χ0n) is 13.6. The lowest BCUT2D eigenvalue weighted by molar-refractivity contribution is -0.171. The van der Waals surface area contributed by atoms with Crippen molar-refractivity contribution < 1.29 is 14.6 Å². The molecule has 1 aromatic carbocycles. The van der Waals surface area contributed by atoms with Crippen molar-refractivity contribution in [2.75, 3.05) is 6.61 Å². The first-order chi connectivity index (χ1) is 10.5. The molecule has 0 aliphatic heterocycles. The molecule has 0 heterocycles. The van der Waals surface area contributed by atoms with Crippen LogP contribution in [0.5, 0.6) is 0 Å². The van der Waals surface area contributed by atoms with Crippen LogP contribution in [0, 0.1) is 12.3 Å². The van der Waals surface area contributed by atoms with Crippen LogP contribution < -0.4 is 0 Å². The Balaban J connectivity index is 2.41. The summed E-state index contributed by atoms with van der Waals surface area (Å²) in [5.41, 5.74) is 0.287. The van der Waals surface area contributed by atoms with E-state index in [9.17, 15) is 9.90 Å². The molecule has 0 saturated heterocycles. The Morgan fingerprint density at radius 1 is 1.45 bits per heavy atom. The first-order valence-electron chi connectivity index (χ1n) is 8.03. The number of carbonyl (C=O) groups excluding carboxylic acids is 1. The van der Waals surface area contributed by atoms with E-state index in [-0.39, 0.29) is 5.97 Å². The van der Waals surface area contributed by atoms with Gasteiger partial charge in [0, 0.05) is 0 Å². The van der Waals surface area contributed by atoms with Crippen molar-refractivity contribution in [2.45, 2.75) is 51.6 Å². The molecule has 1 aliphatic rings. The van der Waals surface area contributed by atoms with Gasteiger partial charge in [-0.05, 0) is 51.5 Å². The van der Waals surface area contributed by atoms with E-state index in [1.165, 1.54) is 0 Å². The van der Waals surface area contributed by atoms with Crippen LogP contribution in [0.15, 0.2) is 36.9 Å². The number of hydrogen-bond donors (Lipinski definition) is 1. The third-order valence-electron chi connectivity index (χ3n) is 4.82. The van der Waals surface area contributed by atoms with E-state index in [0.29, 0.717) is 32.3 Å². The van der Waals surface area contributed by atoms with Crippen molar-refractivity contribution in [1.82, 2.24) is 0 Å². The van der Waals surface area contributed by atoms with Crippen LogP contribution in [0.2, 0.25) is 0 Å². The molecule has 0 aromatic heterocycles. The van der Waals surface area contributed by atoms with Crippen molar-refractivity contribution in [3.8, 4) is 0 Å². The molecule has 2 atom stereocenters. The molecule has 22 heavy (non-hydrogen) atoms. The van der Waals surface area contributed by atoms with Crippen LogP contribution in [0.25, 0.3) is 0 Å². The van der Waals surface area contributed by atoms with Gasteiger partial charge in [0.15, 0.2) is 0 Å². The number of ether oxygens (including phenoxy) is 1. The normalized spacial score (nSPS) is 27.6. The van der Waals surface area contributed by atoms with E-state index in [2.05, 4.69) is 12.6 Å². The maximum atomic E-state index is 12.7. The third-order valence-corrected chi connectivity index (χ3v) is 4.82. The molecule has 0 unspecified atom stereocenters. The van der Waals surface area contributed by atoms with E-state index in [1.54, 1.807) is 13.0 Å². The molecule has 3 nitrogen and oxygen atoms in total. The van der Waals surface area contributed by atoms with E-state index in [1.807, 2.05) is 25.1 Å². The molecule has 0 spiro atoms. The molecule has 1 N–H and O–H groups in total. The van der Waals surface area contributed by atoms with Crippen LogP contribution in [0.4, 0.5) is 0 Å². The Bertz CT molecular complexity index is 551. The van der Waals surface area contributed by atoms with Gasteiger partial charge in [0.1, 0.15) is 5.41 Å². The van der Waals surface area contributed by atoms with Gasteiger partial charge in [-0.2, -0.15) is 0 Å². The molecular formula is C19H26O3.